The fraction of sp³-hybridized carbons (Fsp3) is 0.381. The molecule has 6 heteroatoms. The Bertz CT molecular complexity index is 751. The molecule has 0 aliphatic heterocycles. The van der Waals surface area contributed by atoms with Crippen molar-refractivity contribution in [1.29, 1.82) is 0 Å². The molecule has 1 fully saturated rings. The molecule has 27 heavy (non-hydrogen) atoms. The maximum atomic E-state index is 12.4. The summed E-state index contributed by atoms with van der Waals surface area (Å²) in [7, 11) is 0. The predicted molar refractivity (Wildman–Crippen MR) is 97.8 cm³/mol. The minimum atomic E-state index is -4.74. The van der Waals surface area contributed by atoms with Crippen molar-refractivity contribution in [1.82, 2.24) is 0 Å². The van der Waals surface area contributed by atoms with Crippen LogP contribution in [0.1, 0.15) is 54.7 Å². The Kier molecular flexibility index (Phi) is 6.37. The number of rotatable bonds is 6. The van der Waals surface area contributed by atoms with Crippen LogP contribution in [0.4, 0.5) is 13.2 Å². The van der Waals surface area contributed by atoms with Crippen LogP contribution in [0.25, 0.3) is 0 Å². The average molecular weight is 377 g/mol. The smallest absolute Gasteiger partial charge is 0.405 e. The zero-order valence-corrected chi connectivity index (χ0v) is 14.9. The number of nitrogens with zero attached hydrogens (tertiary/aromatic N) is 1. The number of hydrogen-bond acceptors (Lipinski definition) is 3. The molecule has 0 atom stereocenters. The summed E-state index contributed by atoms with van der Waals surface area (Å²) in [6, 6.07) is 14.1. The summed E-state index contributed by atoms with van der Waals surface area (Å²) < 4.78 is 41.2. The Labute approximate surface area is 156 Å². The molecule has 1 aliphatic rings. The van der Waals surface area contributed by atoms with Crippen molar-refractivity contribution >= 4 is 6.21 Å². The van der Waals surface area contributed by atoms with Crippen LogP contribution < -0.4 is 4.74 Å². The Morgan fingerprint density at radius 3 is 2.37 bits per heavy atom. The summed E-state index contributed by atoms with van der Waals surface area (Å²) in [6.07, 6.45) is 3.22. The Balaban J connectivity index is 1.54. The van der Waals surface area contributed by atoms with E-state index in [0.29, 0.717) is 5.92 Å². The molecule has 0 radical (unpaired) electrons. The van der Waals surface area contributed by atoms with Crippen LogP contribution in [0.3, 0.4) is 0 Å². The number of para-hydroxylation sites is 1. The standard InChI is InChI=1S/C21H22F3NO2/c22-21(23,24)27-20-9-5-4-8-19(20)15-26-25-14-16-10-12-18(13-11-16)17-6-2-1-3-7-17/h4-5,8-14,17H,1-3,6-7,15H2. The van der Waals surface area contributed by atoms with E-state index in [1.807, 2.05) is 12.1 Å². The van der Waals surface area contributed by atoms with Crippen LogP contribution in [-0.2, 0) is 11.4 Å². The molecule has 0 saturated heterocycles. The van der Waals surface area contributed by atoms with Crippen LogP contribution in [-0.4, -0.2) is 12.6 Å². The number of ether oxygens (including phenoxy) is 1. The normalized spacial score (nSPS) is 15.8. The zero-order chi connectivity index (χ0) is 19.1. The first-order valence-electron chi connectivity index (χ1n) is 9.10. The molecule has 1 saturated carbocycles. The van der Waals surface area contributed by atoms with E-state index in [9.17, 15) is 13.2 Å². The SMILES string of the molecule is FC(F)(F)Oc1ccccc1CON=Cc1ccc(C2CCCCC2)cc1. The largest absolute Gasteiger partial charge is 0.573 e. The summed E-state index contributed by atoms with van der Waals surface area (Å²) in [4.78, 5) is 5.15. The molecule has 3 nitrogen and oxygen atoms in total. The third-order valence-electron chi connectivity index (χ3n) is 4.71. The monoisotopic (exact) mass is 377 g/mol. The van der Waals surface area contributed by atoms with Gasteiger partial charge in [-0.05, 0) is 36.0 Å². The van der Waals surface area contributed by atoms with Gasteiger partial charge in [-0.3, -0.25) is 0 Å². The average Bonchev–Trinajstić information content (AvgIpc) is 2.66. The van der Waals surface area contributed by atoms with E-state index in [1.54, 1.807) is 12.3 Å². The summed E-state index contributed by atoms with van der Waals surface area (Å²) in [5.74, 6) is 0.364. The predicted octanol–water partition coefficient (Wildman–Crippen LogP) is 6.18. The summed E-state index contributed by atoms with van der Waals surface area (Å²) in [6.45, 7) is -0.108. The number of hydrogen-bond donors (Lipinski definition) is 0. The molecular weight excluding hydrogens is 355 g/mol. The summed E-state index contributed by atoms with van der Waals surface area (Å²) in [5.41, 5.74) is 2.51. The van der Waals surface area contributed by atoms with E-state index in [0.717, 1.165) is 5.56 Å². The van der Waals surface area contributed by atoms with Gasteiger partial charge in [0.15, 0.2) is 0 Å². The van der Waals surface area contributed by atoms with Crippen LogP contribution in [0, 0.1) is 0 Å². The number of oxime groups is 1. The van der Waals surface area contributed by atoms with Gasteiger partial charge < -0.3 is 9.57 Å². The number of benzene rings is 2. The van der Waals surface area contributed by atoms with Gasteiger partial charge in [0.2, 0.25) is 0 Å². The molecular formula is C21H22F3NO2. The summed E-state index contributed by atoms with van der Waals surface area (Å²) in [5, 5.41) is 3.85. The van der Waals surface area contributed by atoms with Gasteiger partial charge in [0.25, 0.3) is 0 Å². The van der Waals surface area contributed by atoms with Crippen molar-refractivity contribution < 1.29 is 22.7 Å². The lowest BCUT2D eigenvalue weighted by Gasteiger charge is -2.21. The molecule has 1 aliphatic carbocycles. The second-order valence-electron chi connectivity index (χ2n) is 6.67. The Morgan fingerprint density at radius 1 is 0.963 bits per heavy atom. The number of halogens is 3. The Hall–Kier alpha value is -2.50. The van der Waals surface area contributed by atoms with Crippen LogP contribution in [0.5, 0.6) is 5.75 Å². The van der Waals surface area contributed by atoms with Gasteiger partial charge in [-0.1, -0.05) is 66.9 Å². The third-order valence-corrected chi connectivity index (χ3v) is 4.71. The fourth-order valence-corrected chi connectivity index (χ4v) is 3.34. The molecule has 0 aromatic heterocycles. The maximum Gasteiger partial charge on any atom is 0.573 e. The van der Waals surface area contributed by atoms with Crippen molar-refractivity contribution in [3.63, 3.8) is 0 Å². The lowest BCUT2D eigenvalue weighted by atomic mass is 9.84. The van der Waals surface area contributed by atoms with E-state index in [1.165, 1.54) is 55.9 Å². The van der Waals surface area contributed by atoms with E-state index in [2.05, 4.69) is 22.0 Å². The zero-order valence-electron chi connectivity index (χ0n) is 14.9. The third kappa shape index (κ3) is 6.01. The lowest BCUT2D eigenvalue weighted by molar-refractivity contribution is -0.275. The highest BCUT2D eigenvalue weighted by Gasteiger charge is 2.32. The highest BCUT2D eigenvalue weighted by atomic mass is 19.4. The van der Waals surface area contributed by atoms with Crippen molar-refractivity contribution in [3.8, 4) is 5.75 Å². The second kappa shape index (κ2) is 8.93. The van der Waals surface area contributed by atoms with Crippen molar-refractivity contribution in [2.75, 3.05) is 0 Å². The minimum absolute atomic E-state index is 0.108. The van der Waals surface area contributed by atoms with Crippen molar-refractivity contribution in [2.24, 2.45) is 5.16 Å². The van der Waals surface area contributed by atoms with Gasteiger partial charge in [-0.2, -0.15) is 0 Å². The van der Waals surface area contributed by atoms with Crippen LogP contribution in [0.15, 0.2) is 53.7 Å². The van der Waals surface area contributed by atoms with E-state index < -0.39 is 6.36 Å². The van der Waals surface area contributed by atoms with E-state index in [-0.39, 0.29) is 17.9 Å². The van der Waals surface area contributed by atoms with Gasteiger partial charge in [-0.15, -0.1) is 13.2 Å². The Morgan fingerprint density at radius 2 is 1.67 bits per heavy atom. The van der Waals surface area contributed by atoms with Crippen LogP contribution in [0.2, 0.25) is 0 Å². The summed E-state index contributed by atoms with van der Waals surface area (Å²) >= 11 is 0. The van der Waals surface area contributed by atoms with Gasteiger partial charge in [-0.25, -0.2) is 0 Å². The minimum Gasteiger partial charge on any atom is -0.405 e. The topological polar surface area (TPSA) is 30.8 Å². The fourth-order valence-electron chi connectivity index (χ4n) is 3.34. The van der Waals surface area contributed by atoms with Gasteiger partial charge in [0, 0.05) is 5.56 Å². The molecule has 0 unspecified atom stereocenters. The molecule has 2 aromatic rings. The van der Waals surface area contributed by atoms with Crippen molar-refractivity contribution in [2.45, 2.75) is 51.0 Å². The molecule has 144 valence electrons. The first-order valence-corrected chi connectivity index (χ1v) is 9.10. The quantitative estimate of drug-likeness (QED) is 0.444. The molecule has 0 heterocycles. The number of alkyl halides is 3. The van der Waals surface area contributed by atoms with Crippen molar-refractivity contribution in [3.05, 3.63) is 65.2 Å². The van der Waals surface area contributed by atoms with Crippen LogP contribution >= 0.6 is 0 Å². The first-order chi connectivity index (χ1) is 13.0. The molecule has 0 bridgehead atoms. The first kappa shape index (κ1) is 19.3. The second-order valence-corrected chi connectivity index (χ2v) is 6.67. The van der Waals surface area contributed by atoms with E-state index >= 15 is 0 Å². The molecule has 0 N–H and O–H groups in total. The molecule has 0 spiro atoms. The van der Waals surface area contributed by atoms with E-state index in [4.69, 9.17) is 4.84 Å². The van der Waals surface area contributed by atoms with Gasteiger partial charge >= 0.3 is 6.36 Å². The lowest BCUT2D eigenvalue weighted by Crippen LogP contribution is -2.18. The molecule has 0 amide bonds. The highest BCUT2D eigenvalue weighted by Crippen LogP contribution is 2.32. The van der Waals surface area contributed by atoms with Gasteiger partial charge in [0.1, 0.15) is 12.4 Å². The molecule has 2 aromatic carbocycles. The highest BCUT2D eigenvalue weighted by molar-refractivity contribution is 5.79. The van der Waals surface area contributed by atoms with Gasteiger partial charge in [0.05, 0.1) is 6.21 Å². The molecule has 3 rings (SSSR count). The maximum absolute atomic E-state index is 12.4.